The second-order valence-electron chi connectivity index (χ2n) is 10.1. The van der Waals surface area contributed by atoms with Crippen molar-refractivity contribution in [3.63, 3.8) is 0 Å². The number of likely N-dealkylation sites (N-methyl/N-ethyl adjacent to an activating group) is 1. The zero-order valence-corrected chi connectivity index (χ0v) is 23.5. The first-order chi connectivity index (χ1) is 20.8. The van der Waals surface area contributed by atoms with Gasteiger partial charge in [0.15, 0.2) is 5.82 Å². The van der Waals surface area contributed by atoms with E-state index in [1.165, 1.54) is 12.1 Å². The molecule has 0 radical (unpaired) electrons. The number of anilines is 1. The van der Waals surface area contributed by atoms with Crippen molar-refractivity contribution < 1.29 is 9.18 Å². The summed E-state index contributed by atoms with van der Waals surface area (Å²) in [4.78, 5) is 35.1. The molecule has 0 unspecified atom stereocenters. The van der Waals surface area contributed by atoms with Crippen LogP contribution in [0, 0.1) is 12.7 Å². The lowest BCUT2D eigenvalue weighted by Gasteiger charge is -2.16. The fraction of sp³-hybridized carbons (Fsp3) is 0.167. The molecule has 6 rings (SSSR count). The molecule has 0 fully saturated rings. The van der Waals surface area contributed by atoms with Gasteiger partial charge in [-0.25, -0.2) is 9.37 Å². The van der Waals surface area contributed by atoms with Crippen LogP contribution >= 0.6 is 0 Å². The summed E-state index contributed by atoms with van der Waals surface area (Å²) < 4.78 is 17.4. The van der Waals surface area contributed by atoms with Gasteiger partial charge in [0.2, 0.25) is 11.7 Å². The number of hydrogen-bond acceptors (Lipinski definition) is 8. The molecule has 1 amide bonds. The highest BCUT2D eigenvalue weighted by molar-refractivity contribution is 5.93. The van der Waals surface area contributed by atoms with E-state index in [2.05, 4.69) is 41.2 Å². The molecule has 12 nitrogen and oxygen atoms in total. The van der Waals surface area contributed by atoms with Crippen molar-refractivity contribution in [2.75, 3.05) is 12.4 Å². The summed E-state index contributed by atoms with van der Waals surface area (Å²) in [6.07, 6.45) is 6.87. The number of benzene rings is 2. The number of rotatable bonds is 8. The van der Waals surface area contributed by atoms with Crippen LogP contribution in [-0.4, -0.2) is 58.7 Å². The zero-order valence-electron chi connectivity index (χ0n) is 23.5. The number of pyridine rings is 1. The largest absolute Gasteiger partial charge is 0.315 e. The standard InChI is InChI=1S/C30H27FN10O2/c1-17-15-40(25-9-8-22(31)11-24(17)25)23-10-19(12-33-13-23)16-41-26(14-34-28(30(41)43)35-29(42)18(2)32-3)20-4-6-21(7-5-20)27-36-38-39-37-27/h4-15,18,32H,16H2,1-3H3,(H,34,35,42)(H,36,37,38,39)/t18-/m0/s1. The van der Waals surface area contributed by atoms with Crippen LogP contribution in [0.2, 0.25) is 0 Å². The highest BCUT2D eigenvalue weighted by Gasteiger charge is 2.18. The SMILES string of the molecule is CN[C@@H](C)C(=O)Nc1ncc(-c2ccc(-c3nn[nH]n3)cc2)n(Cc2cncc(-n3cc(C)c4cc(F)ccc43)c2)c1=O. The van der Waals surface area contributed by atoms with Gasteiger partial charge < -0.3 is 15.2 Å². The van der Waals surface area contributed by atoms with Crippen LogP contribution in [0.25, 0.3) is 39.2 Å². The van der Waals surface area contributed by atoms with E-state index in [9.17, 15) is 14.0 Å². The first kappa shape index (κ1) is 27.6. The van der Waals surface area contributed by atoms with Crippen molar-refractivity contribution in [2.45, 2.75) is 26.4 Å². The Morgan fingerprint density at radius 2 is 1.86 bits per heavy atom. The Bertz CT molecular complexity index is 2000. The third kappa shape index (κ3) is 5.40. The summed E-state index contributed by atoms with van der Waals surface area (Å²) in [5.41, 5.74) is 4.78. The second-order valence-corrected chi connectivity index (χ2v) is 10.1. The number of nitrogens with zero attached hydrogens (tertiary/aromatic N) is 7. The average Bonchev–Trinajstić information content (AvgIpc) is 3.67. The molecule has 1 atom stereocenters. The maximum Gasteiger partial charge on any atom is 0.294 e. The van der Waals surface area contributed by atoms with Crippen LogP contribution in [0.3, 0.4) is 0 Å². The molecule has 216 valence electrons. The quantitative estimate of drug-likeness (QED) is 0.249. The van der Waals surface area contributed by atoms with Crippen LogP contribution in [0.1, 0.15) is 18.1 Å². The molecule has 4 heterocycles. The lowest BCUT2D eigenvalue weighted by Crippen LogP contribution is -2.38. The van der Waals surface area contributed by atoms with Crippen molar-refractivity contribution in [3.8, 4) is 28.3 Å². The Morgan fingerprint density at radius 3 is 2.60 bits per heavy atom. The highest BCUT2D eigenvalue weighted by atomic mass is 19.1. The molecule has 43 heavy (non-hydrogen) atoms. The molecule has 0 saturated heterocycles. The van der Waals surface area contributed by atoms with Gasteiger partial charge in [-0.3, -0.25) is 19.1 Å². The topological polar surface area (TPSA) is 148 Å². The fourth-order valence-electron chi connectivity index (χ4n) is 4.85. The number of aryl methyl sites for hydroxylation is 1. The maximum atomic E-state index is 13.9. The Balaban J connectivity index is 1.41. The number of fused-ring (bicyclic) bond motifs is 1. The van der Waals surface area contributed by atoms with E-state index in [1.807, 2.05) is 48.0 Å². The number of carbonyl (C=O) groups is 1. The predicted octanol–water partition coefficient (Wildman–Crippen LogP) is 3.47. The van der Waals surface area contributed by atoms with E-state index in [4.69, 9.17) is 0 Å². The first-order valence-corrected chi connectivity index (χ1v) is 13.5. The number of tetrazole rings is 1. The molecule has 0 aliphatic rings. The predicted molar refractivity (Wildman–Crippen MR) is 159 cm³/mol. The lowest BCUT2D eigenvalue weighted by atomic mass is 10.1. The van der Waals surface area contributed by atoms with E-state index >= 15 is 0 Å². The van der Waals surface area contributed by atoms with Gasteiger partial charge in [0.25, 0.3) is 5.56 Å². The van der Waals surface area contributed by atoms with Crippen molar-refractivity contribution in [1.29, 1.82) is 0 Å². The molecule has 0 saturated carbocycles. The molecule has 0 aliphatic carbocycles. The molecule has 6 aromatic rings. The Hall–Kier alpha value is -5.56. The Kier molecular flexibility index (Phi) is 7.30. The molecular weight excluding hydrogens is 551 g/mol. The summed E-state index contributed by atoms with van der Waals surface area (Å²) in [5.74, 6) is -0.331. The normalized spacial score (nSPS) is 12.0. The summed E-state index contributed by atoms with van der Waals surface area (Å²) in [6.45, 7) is 3.75. The van der Waals surface area contributed by atoms with Crippen molar-refractivity contribution in [1.82, 2.24) is 45.0 Å². The van der Waals surface area contributed by atoms with Gasteiger partial charge in [0.1, 0.15) is 5.82 Å². The zero-order chi connectivity index (χ0) is 30.1. The Labute approximate surface area is 244 Å². The second kappa shape index (κ2) is 11.4. The minimum Gasteiger partial charge on any atom is -0.315 e. The van der Waals surface area contributed by atoms with E-state index in [0.29, 0.717) is 11.5 Å². The van der Waals surface area contributed by atoms with Crippen LogP contribution in [0.15, 0.2) is 78.1 Å². The number of amides is 1. The van der Waals surface area contributed by atoms with Crippen LogP contribution in [-0.2, 0) is 11.3 Å². The van der Waals surface area contributed by atoms with Crippen LogP contribution in [0.4, 0.5) is 10.2 Å². The summed E-state index contributed by atoms with van der Waals surface area (Å²) in [5, 5.41) is 20.3. The minimum atomic E-state index is -0.527. The van der Waals surface area contributed by atoms with Gasteiger partial charge in [-0.15, -0.1) is 10.2 Å². The average molecular weight is 579 g/mol. The number of aromatic nitrogens is 8. The van der Waals surface area contributed by atoms with Gasteiger partial charge in [0, 0.05) is 23.3 Å². The van der Waals surface area contributed by atoms with Crippen LogP contribution < -0.4 is 16.2 Å². The molecule has 0 bridgehead atoms. The van der Waals surface area contributed by atoms with Gasteiger partial charge in [-0.1, -0.05) is 24.3 Å². The smallest absolute Gasteiger partial charge is 0.294 e. The number of aromatic amines is 1. The van der Waals surface area contributed by atoms with Gasteiger partial charge >= 0.3 is 0 Å². The first-order valence-electron chi connectivity index (χ1n) is 13.5. The molecule has 13 heteroatoms. The van der Waals surface area contributed by atoms with E-state index in [0.717, 1.165) is 38.8 Å². The molecule has 4 aromatic heterocycles. The van der Waals surface area contributed by atoms with Crippen molar-refractivity contribution in [3.05, 3.63) is 101 Å². The molecule has 2 aromatic carbocycles. The van der Waals surface area contributed by atoms with E-state index in [1.54, 1.807) is 43.2 Å². The third-order valence-electron chi connectivity index (χ3n) is 7.27. The summed E-state index contributed by atoms with van der Waals surface area (Å²) >= 11 is 0. The number of halogens is 1. The van der Waals surface area contributed by atoms with Gasteiger partial charge in [0.05, 0.1) is 41.9 Å². The van der Waals surface area contributed by atoms with E-state index < -0.39 is 11.6 Å². The number of hydrogen-bond donors (Lipinski definition) is 3. The van der Waals surface area contributed by atoms with Crippen molar-refractivity contribution >= 4 is 22.6 Å². The lowest BCUT2D eigenvalue weighted by molar-refractivity contribution is -0.117. The Morgan fingerprint density at radius 1 is 1.07 bits per heavy atom. The van der Waals surface area contributed by atoms with Gasteiger partial charge in [-0.05, 0) is 67.1 Å². The molecule has 0 aliphatic heterocycles. The molecule has 0 spiro atoms. The highest BCUT2D eigenvalue weighted by Crippen LogP contribution is 2.26. The minimum absolute atomic E-state index is 0.0857. The monoisotopic (exact) mass is 578 g/mol. The van der Waals surface area contributed by atoms with Crippen LogP contribution in [0.5, 0.6) is 0 Å². The molecular formula is C30H27FN10O2. The summed E-state index contributed by atoms with van der Waals surface area (Å²) in [7, 11) is 1.66. The number of nitrogens with one attached hydrogen (secondary N) is 3. The number of carbonyl (C=O) groups excluding carboxylic acids is 1. The van der Waals surface area contributed by atoms with E-state index in [-0.39, 0.29) is 24.1 Å². The molecule has 3 N–H and O–H groups in total. The van der Waals surface area contributed by atoms with Crippen molar-refractivity contribution in [2.24, 2.45) is 0 Å². The number of H-pyrrole nitrogens is 1. The maximum absolute atomic E-state index is 13.9. The van der Waals surface area contributed by atoms with Gasteiger partial charge in [-0.2, -0.15) is 5.21 Å². The fourth-order valence-corrected chi connectivity index (χ4v) is 4.85. The third-order valence-corrected chi connectivity index (χ3v) is 7.27. The summed E-state index contributed by atoms with van der Waals surface area (Å²) in [6, 6.07) is 13.4.